The monoisotopic (exact) mass is 606 g/mol. The summed E-state index contributed by atoms with van der Waals surface area (Å²) in [6, 6.07) is 7.31. The van der Waals surface area contributed by atoms with Crippen molar-refractivity contribution in [2.24, 2.45) is 5.41 Å². The van der Waals surface area contributed by atoms with Crippen LogP contribution in [0.2, 0.25) is 0 Å². The number of benzene rings is 2. The number of H-pyrrole nitrogens is 1. The quantitative estimate of drug-likeness (QED) is 0.233. The second-order valence-corrected chi connectivity index (χ2v) is 14.9. The van der Waals surface area contributed by atoms with Gasteiger partial charge in [-0.2, -0.15) is 15.1 Å². The molecule has 1 spiro atoms. The maximum Gasteiger partial charge on any atom is 0.319 e. The summed E-state index contributed by atoms with van der Waals surface area (Å²) in [6.07, 6.45) is 16.8. The Bertz CT molecular complexity index is 1740. The number of nitrogens with zero attached hydrogens (tertiary/aromatic N) is 5. The number of hydrogen-bond donors (Lipinski definition) is 1. The van der Waals surface area contributed by atoms with E-state index < -0.39 is 0 Å². The van der Waals surface area contributed by atoms with Gasteiger partial charge in [0, 0.05) is 42.5 Å². The third-order valence-corrected chi connectivity index (χ3v) is 11.8. The Hall–Kier alpha value is -3.39. The molecule has 2 aromatic carbocycles. The predicted octanol–water partition coefficient (Wildman–Crippen LogP) is 7.53. The molecule has 2 aromatic heterocycles. The third kappa shape index (κ3) is 4.95. The Labute approximate surface area is 265 Å². The van der Waals surface area contributed by atoms with E-state index in [0.717, 1.165) is 85.2 Å². The highest BCUT2D eigenvalue weighted by molar-refractivity contribution is 6.06. The zero-order valence-electron chi connectivity index (χ0n) is 26.9. The van der Waals surface area contributed by atoms with Crippen LogP contribution >= 0.6 is 0 Å². The van der Waals surface area contributed by atoms with Crippen LogP contribution in [0.15, 0.2) is 24.4 Å². The molecule has 2 aliphatic heterocycles. The van der Waals surface area contributed by atoms with Crippen molar-refractivity contribution in [1.82, 2.24) is 25.1 Å². The van der Waals surface area contributed by atoms with E-state index in [4.69, 9.17) is 19.4 Å². The maximum absolute atomic E-state index is 7.11. The number of fused-ring (bicyclic) bond motifs is 2. The van der Waals surface area contributed by atoms with Gasteiger partial charge in [0.25, 0.3) is 0 Å². The standard InChI is InChI=1S/C37H46N6O2/c1-23-7-10-30-29(22-38-41-30)31(23)32-27(24-8-9-24)21-28-33(34(32)44-25-5-3-6-25)39-36(45-26-11-17-42(2)18-12-26)40-35(28)43-19-15-37(16-20-43)13-4-14-37/h7,10,21-22,24-26H,3-6,8-9,11-20H2,1-2H3,(H,38,41). The molecule has 3 aliphatic carbocycles. The highest BCUT2D eigenvalue weighted by atomic mass is 16.5. The molecule has 8 nitrogen and oxygen atoms in total. The first-order valence-electron chi connectivity index (χ1n) is 17.6. The van der Waals surface area contributed by atoms with Crippen LogP contribution in [-0.2, 0) is 0 Å². The molecule has 3 saturated carbocycles. The van der Waals surface area contributed by atoms with E-state index in [-0.39, 0.29) is 12.2 Å². The topological polar surface area (TPSA) is 79.4 Å². The summed E-state index contributed by atoms with van der Waals surface area (Å²) in [4.78, 5) is 15.5. The molecule has 0 unspecified atom stereocenters. The van der Waals surface area contributed by atoms with E-state index in [1.54, 1.807) is 0 Å². The lowest BCUT2D eigenvalue weighted by molar-refractivity contribution is 0.0948. The molecule has 5 aliphatic rings. The average molecular weight is 607 g/mol. The van der Waals surface area contributed by atoms with E-state index in [1.807, 2.05) is 6.20 Å². The first kappa shape index (κ1) is 27.9. The lowest BCUT2D eigenvalue weighted by Gasteiger charge is -2.48. The van der Waals surface area contributed by atoms with Crippen LogP contribution in [0.4, 0.5) is 5.82 Å². The van der Waals surface area contributed by atoms with Gasteiger partial charge in [-0.05, 0) is 125 Å². The van der Waals surface area contributed by atoms with Crippen molar-refractivity contribution in [2.45, 2.75) is 102 Å². The Kier molecular flexibility index (Phi) is 6.73. The summed E-state index contributed by atoms with van der Waals surface area (Å²) in [5.41, 5.74) is 7.60. The zero-order chi connectivity index (χ0) is 30.1. The molecule has 4 aromatic rings. The second kappa shape index (κ2) is 10.9. The minimum absolute atomic E-state index is 0.134. The normalized spacial score (nSPS) is 22.6. The van der Waals surface area contributed by atoms with Crippen molar-refractivity contribution < 1.29 is 9.47 Å². The van der Waals surface area contributed by atoms with Gasteiger partial charge in [-0.15, -0.1) is 0 Å². The molecular weight excluding hydrogens is 560 g/mol. The molecule has 8 heteroatoms. The largest absolute Gasteiger partial charge is 0.487 e. The Morgan fingerprint density at radius 3 is 2.29 bits per heavy atom. The van der Waals surface area contributed by atoms with Crippen molar-refractivity contribution in [2.75, 3.05) is 38.1 Å². The summed E-state index contributed by atoms with van der Waals surface area (Å²) in [5, 5.41) is 9.96. The summed E-state index contributed by atoms with van der Waals surface area (Å²) >= 11 is 0. The third-order valence-electron chi connectivity index (χ3n) is 11.8. The molecule has 4 heterocycles. The molecule has 45 heavy (non-hydrogen) atoms. The molecule has 0 radical (unpaired) electrons. The number of aromatic nitrogens is 4. The molecule has 1 N–H and O–H groups in total. The SMILES string of the molecule is Cc1ccc2[nH]ncc2c1-c1c(C2CC2)cc2c(N3CCC4(CCC4)CC3)nc(OC3CCN(C)CC3)nc2c1OC1CCC1. The predicted molar refractivity (Wildman–Crippen MR) is 178 cm³/mol. The number of likely N-dealkylation sites (tertiary alicyclic amines) is 1. The molecule has 0 atom stereocenters. The van der Waals surface area contributed by atoms with Gasteiger partial charge in [-0.3, -0.25) is 5.10 Å². The fourth-order valence-electron chi connectivity index (χ4n) is 8.34. The molecule has 236 valence electrons. The van der Waals surface area contributed by atoms with Gasteiger partial charge in [-0.25, -0.2) is 0 Å². The van der Waals surface area contributed by atoms with E-state index >= 15 is 0 Å². The van der Waals surface area contributed by atoms with Crippen molar-refractivity contribution in [3.8, 4) is 22.9 Å². The number of nitrogens with one attached hydrogen (secondary N) is 1. The van der Waals surface area contributed by atoms with Crippen LogP contribution in [0.1, 0.15) is 94.1 Å². The molecular formula is C37H46N6O2. The summed E-state index contributed by atoms with van der Waals surface area (Å²) < 4.78 is 13.8. The van der Waals surface area contributed by atoms with Crippen molar-refractivity contribution in [3.05, 3.63) is 35.5 Å². The van der Waals surface area contributed by atoms with Crippen LogP contribution in [0, 0.1) is 12.3 Å². The van der Waals surface area contributed by atoms with Crippen molar-refractivity contribution >= 4 is 27.6 Å². The Morgan fingerprint density at radius 2 is 1.60 bits per heavy atom. The summed E-state index contributed by atoms with van der Waals surface area (Å²) in [6.45, 7) is 6.40. The lowest BCUT2D eigenvalue weighted by atomic mass is 9.63. The molecule has 5 fully saturated rings. The van der Waals surface area contributed by atoms with Crippen LogP contribution in [0.3, 0.4) is 0 Å². The zero-order valence-corrected chi connectivity index (χ0v) is 26.9. The van der Waals surface area contributed by atoms with Gasteiger partial charge in [0.15, 0.2) is 5.75 Å². The van der Waals surface area contributed by atoms with Crippen LogP contribution in [0.5, 0.6) is 11.8 Å². The van der Waals surface area contributed by atoms with E-state index in [1.165, 1.54) is 73.6 Å². The highest BCUT2D eigenvalue weighted by Gasteiger charge is 2.41. The number of rotatable bonds is 7. The minimum atomic E-state index is 0.134. The van der Waals surface area contributed by atoms with Gasteiger partial charge in [-0.1, -0.05) is 12.5 Å². The minimum Gasteiger partial charge on any atom is -0.487 e. The smallest absolute Gasteiger partial charge is 0.319 e. The van der Waals surface area contributed by atoms with Gasteiger partial charge in [0.1, 0.15) is 17.4 Å². The summed E-state index contributed by atoms with van der Waals surface area (Å²) in [7, 11) is 2.19. The molecule has 0 amide bonds. The van der Waals surface area contributed by atoms with Crippen LogP contribution < -0.4 is 14.4 Å². The van der Waals surface area contributed by atoms with Crippen LogP contribution in [-0.4, -0.2) is 70.5 Å². The van der Waals surface area contributed by atoms with Gasteiger partial charge in [0.05, 0.1) is 17.8 Å². The molecule has 0 bridgehead atoms. The van der Waals surface area contributed by atoms with Crippen molar-refractivity contribution in [1.29, 1.82) is 0 Å². The van der Waals surface area contributed by atoms with Gasteiger partial charge in [0.2, 0.25) is 0 Å². The van der Waals surface area contributed by atoms with Gasteiger partial charge < -0.3 is 19.3 Å². The highest BCUT2D eigenvalue weighted by Crippen LogP contribution is 2.54. The first-order chi connectivity index (χ1) is 22.0. The molecule has 2 saturated heterocycles. The number of ether oxygens (including phenoxy) is 2. The molecule has 9 rings (SSSR count). The lowest BCUT2D eigenvalue weighted by Crippen LogP contribution is -2.44. The van der Waals surface area contributed by atoms with Crippen LogP contribution in [0.25, 0.3) is 32.9 Å². The Balaban J connectivity index is 1.26. The first-order valence-corrected chi connectivity index (χ1v) is 17.6. The Morgan fingerprint density at radius 1 is 0.822 bits per heavy atom. The number of hydrogen-bond acceptors (Lipinski definition) is 7. The fourth-order valence-corrected chi connectivity index (χ4v) is 8.34. The second-order valence-electron chi connectivity index (χ2n) is 14.9. The van der Waals surface area contributed by atoms with E-state index in [2.05, 4.69) is 52.2 Å². The van der Waals surface area contributed by atoms with E-state index in [0.29, 0.717) is 17.3 Å². The average Bonchev–Trinajstić information content (AvgIpc) is 3.75. The van der Waals surface area contributed by atoms with Gasteiger partial charge >= 0.3 is 6.01 Å². The number of aromatic amines is 1. The van der Waals surface area contributed by atoms with E-state index in [9.17, 15) is 0 Å². The fraction of sp³-hybridized carbons (Fsp3) is 0.595. The number of anilines is 1. The number of piperidine rings is 2. The maximum atomic E-state index is 7.11. The summed E-state index contributed by atoms with van der Waals surface area (Å²) in [5.74, 6) is 2.50. The number of aryl methyl sites for hydroxylation is 1. The van der Waals surface area contributed by atoms with Crippen molar-refractivity contribution in [3.63, 3.8) is 0 Å².